The molecule has 3 rings (SSSR count). The van der Waals surface area contributed by atoms with Crippen LogP contribution in [0, 0.1) is 0 Å². The van der Waals surface area contributed by atoms with Gasteiger partial charge in [-0.25, -0.2) is 4.79 Å². The van der Waals surface area contributed by atoms with Crippen LogP contribution in [0.1, 0.15) is 15.9 Å². The Kier molecular flexibility index (Phi) is 6.07. The van der Waals surface area contributed by atoms with E-state index in [4.69, 9.17) is 9.47 Å². The second-order valence-electron chi connectivity index (χ2n) is 6.06. The summed E-state index contributed by atoms with van der Waals surface area (Å²) in [4.78, 5) is 23.4. The lowest BCUT2D eigenvalue weighted by Gasteiger charge is -2.05. The molecule has 0 aliphatic rings. The van der Waals surface area contributed by atoms with E-state index >= 15 is 0 Å². The molecule has 142 valence electrons. The predicted molar refractivity (Wildman–Crippen MR) is 108 cm³/mol. The largest absolute Gasteiger partial charge is 0.497 e. The molecule has 5 nitrogen and oxygen atoms in total. The first-order chi connectivity index (χ1) is 13.6. The van der Waals surface area contributed by atoms with E-state index in [9.17, 15) is 9.59 Å². The summed E-state index contributed by atoms with van der Waals surface area (Å²) in [5.74, 6) is 0.729. The number of hydrogen-bond donors (Lipinski definition) is 0. The summed E-state index contributed by atoms with van der Waals surface area (Å²) in [7, 11) is 2.94. The maximum Gasteiger partial charge on any atom is 0.343 e. The van der Waals surface area contributed by atoms with E-state index in [1.165, 1.54) is 13.2 Å². The van der Waals surface area contributed by atoms with Crippen molar-refractivity contribution < 1.29 is 23.8 Å². The molecule has 0 heterocycles. The lowest BCUT2D eigenvalue weighted by Crippen LogP contribution is -2.12. The number of ether oxygens (including phenoxy) is 3. The van der Waals surface area contributed by atoms with Gasteiger partial charge < -0.3 is 14.2 Å². The zero-order valence-corrected chi connectivity index (χ0v) is 15.7. The highest BCUT2D eigenvalue weighted by molar-refractivity contribution is 6.07. The van der Waals surface area contributed by atoms with Crippen molar-refractivity contribution in [3.05, 3.63) is 77.9 Å². The van der Waals surface area contributed by atoms with Crippen LogP contribution in [0.5, 0.6) is 11.5 Å². The second-order valence-corrected chi connectivity index (χ2v) is 6.06. The number of fused-ring (bicyclic) bond motifs is 1. The van der Waals surface area contributed by atoms with Crippen LogP contribution < -0.4 is 9.47 Å². The average molecular weight is 376 g/mol. The number of rotatable bonds is 7. The van der Waals surface area contributed by atoms with Gasteiger partial charge in [0.2, 0.25) is 0 Å². The van der Waals surface area contributed by atoms with Crippen molar-refractivity contribution in [1.29, 1.82) is 0 Å². The maximum atomic E-state index is 12.4. The van der Waals surface area contributed by atoms with E-state index in [0.29, 0.717) is 11.3 Å². The molecule has 0 atom stereocenters. The summed E-state index contributed by atoms with van der Waals surface area (Å²) >= 11 is 0. The molecule has 0 amide bonds. The Bertz CT molecular complexity index is 1020. The van der Waals surface area contributed by atoms with Gasteiger partial charge in [0.25, 0.3) is 0 Å². The molecule has 5 heteroatoms. The van der Waals surface area contributed by atoms with Gasteiger partial charge in [-0.05, 0) is 64.9 Å². The smallest absolute Gasteiger partial charge is 0.343 e. The van der Waals surface area contributed by atoms with Crippen LogP contribution in [0.3, 0.4) is 0 Å². The van der Waals surface area contributed by atoms with Crippen molar-refractivity contribution in [3.63, 3.8) is 0 Å². The molecule has 3 aromatic carbocycles. The van der Waals surface area contributed by atoms with Gasteiger partial charge in [-0.1, -0.05) is 24.3 Å². The van der Waals surface area contributed by atoms with Crippen LogP contribution in [-0.2, 0) is 9.53 Å². The number of carbonyl (C=O) groups is 2. The molecular weight excluding hydrogens is 356 g/mol. The van der Waals surface area contributed by atoms with Crippen molar-refractivity contribution in [2.75, 3.05) is 20.8 Å². The third-order valence-electron chi connectivity index (χ3n) is 4.22. The lowest BCUT2D eigenvalue weighted by atomic mass is 10.0. The fourth-order valence-electron chi connectivity index (χ4n) is 2.66. The zero-order chi connectivity index (χ0) is 19.9. The van der Waals surface area contributed by atoms with Gasteiger partial charge in [0.15, 0.2) is 12.4 Å². The average Bonchev–Trinajstić information content (AvgIpc) is 2.75. The van der Waals surface area contributed by atoms with E-state index in [1.54, 1.807) is 37.5 Å². The molecule has 0 aliphatic carbocycles. The van der Waals surface area contributed by atoms with Crippen LogP contribution in [0.25, 0.3) is 16.8 Å². The first kappa shape index (κ1) is 19.2. The molecule has 0 radical (unpaired) electrons. The van der Waals surface area contributed by atoms with Gasteiger partial charge in [0.1, 0.15) is 11.5 Å². The lowest BCUT2D eigenvalue weighted by molar-refractivity contribution is -0.142. The van der Waals surface area contributed by atoms with Crippen molar-refractivity contribution in [1.82, 2.24) is 0 Å². The fourth-order valence-corrected chi connectivity index (χ4v) is 2.66. The Morgan fingerprint density at radius 2 is 1.54 bits per heavy atom. The highest BCUT2D eigenvalue weighted by Crippen LogP contribution is 2.22. The van der Waals surface area contributed by atoms with Gasteiger partial charge in [-0.15, -0.1) is 0 Å². The molecule has 0 fully saturated rings. The quantitative estimate of drug-likeness (QED) is 0.350. The number of benzene rings is 3. The Morgan fingerprint density at radius 1 is 0.857 bits per heavy atom. The third kappa shape index (κ3) is 4.76. The molecule has 28 heavy (non-hydrogen) atoms. The van der Waals surface area contributed by atoms with Gasteiger partial charge >= 0.3 is 5.97 Å². The molecule has 0 aromatic heterocycles. The Morgan fingerprint density at radius 3 is 2.25 bits per heavy atom. The normalized spacial score (nSPS) is 10.8. The molecule has 0 unspecified atom stereocenters. The van der Waals surface area contributed by atoms with Crippen molar-refractivity contribution in [3.8, 4) is 11.5 Å². The summed E-state index contributed by atoms with van der Waals surface area (Å²) in [5.41, 5.74) is 1.47. The van der Waals surface area contributed by atoms with E-state index in [1.807, 2.05) is 36.4 Å². The minimum absolute atomic E-state index is 0.116. The molecule has 0 spiro atoms. The van der Waals surface area contributed by atoms with Crippen LogP contribution in [0.2, 0.25) is 0 Å². The standard InChI is InChI=1S/C23H20O5/c1-26-21-11-8-18-13-16(3-5-19(18)14-21)4-12-22(24)17-6-9-20(10-7-17)28-15-23(25)27-2/h3-14H,15H2,1-2H3/b12-4+. The van der Waals surface area contributed by atoms with E-state index in [-0.39, 0.29) is 12.4 Å². The summed E-state index contributed by atoms with van der Waals surface area (Å²) < 4.78 is 15.0. The number of hydrogen-bond acceptors (Lipinski definition) is 5. The minimum Gasteiger partial charge on any atom is -0.497 e. The highest BCUT2D eigenvalue weighted by atomic mass is 16.6. The summed E-state index contributed by atoms with van der Waals surface area (Å²) in [6.45, 7) is -0.169. The number of carbonyl (C=O) groups excluding carboxylic acids is 2. The van der Waals surface area contributed by atoms with Gasteiger partial charge in [0.05, 0.1) is 14.2 Å². The van der Waals surface area contributed by atoms with E-state index in [2.05, 4.69) is 4.74 Å². The Balaban J connectivity index is 1.67. The van der Waals surface area contributed by atoms with E-state index in [0.717, 1.165) is 22.1 Å². The monoisotopic (exact) mass is 376 g/mol. The van der Waals surface area contributed by atoms with Crippen molar-refractivity contribution in [2.45, 2.75) is 0 Å². The van der Waals surface area contributed by atoms with Crippen LogP contribution in [0.4, 0.5) is 0 Å². The summed E-state index contributed by atoms with van der Waals surface area (Å²) in [5, 5.41) is 2.15. The zero-order valence-electron chi connectivity index (χ0n) is 15.7. The SMILES string of the molecule is COC(=O)COc1ccc(C(=O)/C=C/c2ccc3cc(OC)ccc3c2)cc1. The van der Waals surface area contributed by atoms with Gasteiger partial charge in [-0.3, -0.25) is 4.79 Å². The van der Waals surface area contributed by atoms with Gasteiger partial charge in [0, 0.05) is 5.56 Å². The number of esters is 1. The van der Waals surface area contributed by atoms with Crippen LogP contribution in [0.15, 0.2) is 66.7 Å². The predicted octanol–water partition coefficient (Wildman–Crippen LogP) is 4.30. The third-order valence-corrected chi connectivity index (χ3v) is 4.22. The molecule has 3 aromatic rings. The molecule has 0 saturated heterocycles. The Labute approximate surface area is 163 Å². The molecular formula is C23H20O5. The Hall–Kier alpha value is -3.60. The number of ketones is 1. The van der Waals surface area contributed by atoms with E-state index < -0.39 is 5.97 Å². The molecule has 0 bridgehead atoms. The second kappa shape index (κ2) is 8.86. The molecule has 0 aliphatic heterocycles. The minimum atomic E-state index is -0.461. The highest BCUT2D eigenvalue weighted by Gasteiger charge is 2.05. The van der Waals surface area contributed by atoms with Gasteiger partial charge in [-0.2, -0.15) is 0 Å². The summed E-state index contributed by atoms with van der Waals surface area (Å²) in [6, 6.07) is 18.4. The first-order valence-electron chi connectivity index (χ1n) is 8.69. The van der Waals surface area contributed by atoms with Crippen LogP contribution >= 0.6 is 0 Å². The molecule has 0 N–H and O–H groups in total. The van der Waals surface area contributed by atoms with Crippen LogP contribution in [-0.4, -0.2) is 32.6 Å². The summed E-state index contributed by atoms with van der Waals surface area (Å²) in [6.07, 6.45) is 3.32. The number of methoxy groups -OCH3 is 2. The fraction of sp³-hybridized carbons (Fsp3) is 0.130. The first-order valence-corrected chi connectivity index (χ1v) is 8.69. The van der Waals surface area contributed by atoms with Crippen molar-refractivity contribution >= 4 is 28.6 Å². The maximum absolute atomic E-state index is 12.4. The molecule has 0 saturated carbocycles. The topological polar surface area (TPSA) is 61.8 Å². The van der Waals surface area contributed by atoms with Crippen molar-refractivity contribution in [2.24, 2.45) is 0 Å². The number of allylic oxidation sites excluding steroid dienone is 1.